The summed E-state index contributed by atoms with van der Waals surface area (Å²) in [4.78, 5) is 11.1. The van der Waals surface area contributed by atoms with Crippen LogP contribution in [0.15, 0.2) is 24.3 Å². The summed E-state index contributed by atoms with van der Waals surface area (Å²) in [5.74, 6) is 0.255. The summed E-state index contributed by atoms with van der Waals surface area (Å²) in [6.07, 6.45) is 3.01. The van der Waals surface area contributed by atoms with Gasteiger partial charge in [0, 0.05) is 6.08 Å². The molecule has 1 aromatic rings. The first-order valence-corrected chi connectivity index (χ1v) is 4.95. The van der Waals surface area contributed by atoms with E-state index in [9.17, 15) is 4.79 Å². The molecule has 1 rings (SSSR count). The summed E-state index contributed by atoms with van der Waals surface area (Å²) in [6.45, 7) is 2.13. The molecular formula is C12H15NO3. The maximum Gasteiger partial charge on any atom is 0.330 e. The molecule has 0 aliphatic rings. The summed E-state index contributed by atoms with van der Waals surface area (Å²) in [7, 11) is 1.56. The van der Waals surface area contributed by atoms with Gasteiger partial charge < -0.3 is 15.2 Å². The SMILES string of the molecule is CCOC(=O)C=Cc1ccc(OC)c(N)c1. The third-order valence-corrected chi connectivity index (χ3v) is 1.95. The third-order valence-electron chi connectivity index (χ3n) is 1.95. The Morgan fingerprint density at radius 3 is 2.81 bits per heavy atom. The first-order chi connectivity index (χ1) is 7.67. The smallest absolute Gasteiger partial charge is 0.330 e. The van der Waals surface area contributed by atoms with Crippen LogP contribution in [0, 0.1) is 0 Å². The van der Waals surface area contributed by atoms with E-state index in [0.29, 0.717) is 18.0 Å². The molecule has 0 radical (unpaired) electrons. The van der Waals surface area contributed by atoms with Crippen molar-refractivity contribution < 1.29 is 14.3 Å². The fourth-order valence-electron chi connectivity index (χ4n) is 1.21. The van der Waals surface area contributed by atoms with E-state index in [2.05, 4.69) is 0 Å². The molecule has 1 aromatic carbocycles. The van der Waals surface area contributed by atoms with Crippen LogP contribution in [0.1, 0.15) is 12.5 Å². The highest BCUT2D eigenvalue weighted by molar-refractivity contribution is 5.87. The number of esters is 1. The van der Waals surface area contributed by atoms with Gasteiger partial charge in [-0.15, -0.1) is 0 Å². The number of ether oxygens (including phenoxy) is 2. The van der Waals surface area contributed by atoms with Gasteiger partial charge in [0.1, 0.15) is 5.75 Å². The molecular weight excluding hydrogens is 206 g/mol. The second-order valence-corrected chi connectivity index (χ2v) is 3.09. The quantitative estimate of drug-likeness (QED) is 0.479. The van der Waals surface area contributed by atoms with E-state index in [4.69, 9.17) is 15.2 Å². The van der Waals surface area contributed by atoms with Crippen molar-refractivity contribution in [3.05, 3.63) is 29.8 Å². The van der Waals surface area contributed by atoms with Gasteiger partial charge in [-0.2, -0.15) is 0 Å². The minimum atomic E-state index is -0.364. The second kappa shape index (κ2) is 5.80. The minimum Gasteiger partial charge on any atom is -0.495 e. The van der Waals surface area contributed by atoms with Crippen molar-refractivity contribution in [1.82, 2.24) is 0 Å². The standard InChI is InChI=1S/C12H15NO3/c1-3-16-12(14)7-5-9-4-6-11(15-2)10(13)8-9/h4-8H,3,13H2,1-2H3. The lowest BCUT2D eigenvalue weighted by Gasteiger charge is -2.04. The largest absolute Gasteiger partial charge is 0.495 e. The molecule has 0 heterocycles. The third kappa shape index (κ3) is 3.31. The Morgan fingerprint density at radius 1 is 1.50 bits per heavy atom. The predicted octanol–water partition coefficient (Wildman–Crippen LogP) is 1.85. The zero-order chi connectivity index (χ0) is 12.0. The fourth-order valence-corrected chi connectivity index (χ4v) is 1.21. The molecule has 0 aromatic heterocycles. The summed E-state index contributed by atoms with van der Waals surface area (Å²) in [5.41, 5.74) is 7.08. The fraction of sp³-hybridized carbons (Fsp3) is 0.250. The predicted molar refractivity (Wildman–Crippen MR) is 63.1 cm³/mol. The molecule has 86 valence electrons. The number of methoxy groups -OCH3 is 1. The van der Waals surface area contributed by atoms with Crippen molar-refractivity contribution in [3.63, 3.8) is 0 Å². The van der Waals surface area contributed by atoms with Crippen molar-refractivity contribution in [2.75, 3.05) is 19.5 Å². The number of nitrogen functional groups attached to an aromatic ring is 1. The van der Waals surface area contributed by atoms with Crippen LogP contribution in [-0.2, 0) is 9.53 Å². The molecule has 0 saturated heterocycles. The maximum absolute atomic E-state index is 11.1. The lowest BCUT2D eigenvalue weighted by Crippen LogP contribution is -1.98. The van der Waals surface area contributed by atoms with Gasteiger partial charge in [0.15, 0.2) is 0 Å². The average molecular weight is 221 g/mol. The molecule has 4 nitrogen and oxygen atoms in total. The van der Waals surface area contributed by atoms with Gasteiger partial charge in [-0.05, 0) is 30.7 Å². The normalized spacial score (nSPS) is 10.4. The molecule has 0 unspecified atom stereocenters. The zero-order valence-electron chi connectivity index (χ0n) is 9.40. The molecule has 2 N–H and O–H groups in total. The van der Waals surface area contributed by atoms with Crippen LogP contribution in [0.2, 0.25) is 0 Å². The van der Waals surface area contributed by atoms with Gasteiger partial charge in [-0.3, -0.25) is 0 Å². The van der Waals surface area contributed by atoms with Crippen molar-refractivity contribution in [3.8, 4) is 5.75 Å². The number of carbonyl (C=O) groups is 1. The molecule has 0 aliphatic carbocycles. The van der Waals surface area contributed by atoms with Gasteiger partial charge in [0.25, 0.3) is 0 Å². The van der Waals surface area contributed by atoms with E-state index in [1.807, 2.05) is 6.07 Å². The Morgan fingerprint density at radius 2 is 2.25 bits per heavy atom. The Hall–Kier alpha value is -1.97. The first-order valence-electron chi connectivity index (χ1n) is 4.95. The van der Waals surface area contributed by atoms with E-state index in [1.165, 1.54) is 6.08 Å². The summed E-state index contributed by atoms with van der Waals surface area (Å²) in [5, 5.41) is 0. The van der Waals surface area contributed by atoms with E-state index >= 15 is 0 Å². The summed E-state index contributed by atoms with van der Waals surface area (Å²) >= 11 is 0. The number of hydrogen-bond donors (Lipinski definition) is 1. The van der Waals surface area contributed by atoms with Crippen LogP contribution < -0.4 is 10.5 Å². The highest BCUT2D eigenvalue weighted by atomic mass is 16.5. The number of benzene rings is 1. The zero-order valence-corrected chi connectivity index (χ0v) is 9.40. The van der Waals surface area contributed by atoms with Crippen molar-refractivity contribution in [1.29, 1.82) is 0 Å². The lowest BCUT2D eigenvalue weighted by molar-refractivity contribution is -0.137. The maximum atomic E-state index is 11.1. The Bertz CT molecular complexity index is 399. The van der Waals surface area contributed by atoms with Crippen molar-refractivity contribution in [2.24, 2.45) is 0 Å². The minimum absolute atomic E-state index is 0.364. The number of hydrogen-bond acceptors (Lipinski definition) is 4. The van der Waals surface area contributed by atoms with E-state index in [-0.39, 0.29) is 5.97 Å². The number of nitrogens with two attached hydrogens (primary N) is 1. The monoisotopic (exact) mass is 221 g/mol. The van der Waals surface area contributed by atoms with Gasteiger partial charge in [0.05, 0.1) is 19.4 Å². The van der Waals surface area contributed by atoms with E-state index in [0.717, 1.165) is 5.56 Å². The van der Waals surface area contributed by atoms with Crippen LogP contribution >= 0.6 is 0 Å². The topological polar surface area (TPSA) is 61.5 Å². The lowest BCUT2D eigenvalue weighted by atomic mass is 10.2. The molecule has 0 aliphatic heterocycles. The van der Waals surface area contributed by atoms with Crippen LogP contribution in [-0.4, -0.2) is 19.7 Å². The van der Waals surface area contributed by atoms with Crippen LogP contribution in [0.5, 0.6) is 5.75 Å². The summed E-state index contributed by atoms with van der Waals surface area (Å²) in [6, 6.07) is 5.29. The van der Waals surface area contributed by atoms with E-state index in [1.54, 1.807) is 32.2 Å². The highest BCUT2D eigenvalue weighted by Gasteiger charge is 1.99. The molecule has 0 bridgehead atoms. The Balaban J connectivity index is 2.75. The van der Waals surface area contributed by atoms with Crippen LogP contribution in [0.3, 0.4) is 0 Å². The van der Waals surface area contributed by atoms with Crippen LogP contribution in [0.4, 0.5) is 5.69 Å². The molecule has 0 saturated carbocycles. The molecule has 0 amide bonds. The van der Waals surface area contributed by atoms with Gasteiger partial charge in [-0.25, -0.2) is 4.79 Å². The summed E-state index contributed by atoms with van der Waals surface area (Å²) < 4.78 is 9.78. The van der Waals surface area contributed by atoms with Crippen molar-refractivity contribution >= 4 is 17.7 Å². The number of rotatable bonds is 4. The molecule has 0 fully saturated rings. The van der Waals surface area contributed by atoms with E-state index < -0.39 is 0 Å². The Labute approximate surface area is 94.7 Å². The molecule has 16 heavy (non-hydrogen) atoms. The molecule has 0 atom stereocenters. The first kappa shape index (κ1) is 12.1. The number of anilines is 1. The molecule has 0 spiro atoms. The van der Waals surface area contributed by atoms with Gasteiger partial charge >= 0.3 is 5.97 Å². The van der Waals surface area contributed by atoms with Gasteiger partial charge in [0.2, 0.25) is 0 Å². The second-order valence-electron chi connectivity index (χ2n) is 3.09. The average Bonchev–Trinajstić information content (AvgIpc) is 2.27. The van der Waals surface area contributed by atoms with Gasteiger partial charge in [-0.1, -0.05) is 6.07 Å². The molecule has 4 heteroatoms. The van der Waals surface area contributed by atoms with Crippen molar-refractivity contribution in [2.45, 2.75) is 6.92 Å². The highest BCUT2D eigenvalue weighted by Crippen LogP contribution is 2.22. The number of carbonyl (C=O) groups excluding carboxylic acids is 1. The van der Waals surface area contributed by atoms with Crippen LogP contribution in [0.25, 0.3) is 6.08 Å². The Kier molecular flexibility index (Phi) is 4.39.